The summed E-state index contributed by atoms with van der Waals surface area (Å²) in [6.45, 7) is 5.69. The zero-order valence-corrected chi connectivity index (χ0v) is 25.4. The van der Waals surface area contributed by atoms with Crippen molar-refractivity contribution in [3.8, 4) is 5.75 Å². The predicted molar refractivity (Wildman–Crippen MR) is 165 cm³/mol. The number of amides is 2. The Morgan fingerprint density at radius 2 is 1.68 bits per heavy atom. The molecule has 2 amide bonds. The van der Waals surface area contributed by atoms with E-state index >= 15 is 0 Å². The number of aryl methyl sites for hydroxylation is 3. The first-order valence-electron chi connectivity index (χ1n) is 12.7. The number of aliphatic imine (C=N–C) groups is 1. The molecule has 3 aromatic rings. The van der Waals surface area contributed by atoms with Gasteiger partial charge in [0.05, 0.1) is 23.4 Å². The van der Waals surface area contributed by atoms with Crippen molar-refractivity contribution < 1.29 is 22.7 Å². The van der Waals surface area contributed by atoms with E-state index in [4.69, 9.17) is 4.74 Å². The third-order valence-corrected chi connectivity index (χ3v) is 9.06. The van der Waals surface area contributed by atoms with Crippen molar-refractivity contribution in [1.29, 1.82) is 0 Å². The molecule has 3 aromatic carbocycles. The summed E-state index contributed by atoms with van der Waals surface area (Å²) in [6.07, 6.45) is 1.70. The van der Waals surface area contributed by atoms with E-state index in [0.717, 1.165) is 38.3 Å². The van der Waals surface area contributed by atoms with Gasteiger partial charge in [-0.15, -0.1) is 0 Å². The molecule has 4 rings (SSSR count). The van der Waals surface area contributed by atoms with Crippen LogP contribution in [0.25, 0.3) is 6.08 Å². The number of carbonyl (C=O) groups excluding carboxylic acids is 2. The maximum Gasteiger partial charge on any atom is 0.283 e. The predicted octanol–water partition coefficient (Wildman–Crippen LogP) is 4.99. The number of nitrogens with one attached hydrogen (secondary N) is 1. The highest BCUT2D eigenvalue weighted by molar-refractivity contribution is 8.14. The molecule has 0 radical (unpaired) electrons. The smallest absolute Gasteiger partial charge is 0.283 e. The zero-order chi connectivity index (χ0) is 29.9. The minimum absolute atomic E-state index is 0.0483. The van der Waals surface area contributed by atoms with Crippen LogP contribution in [0.5, 0.6) is 5.75 Å². The molecule has 1 N–H and O–H groups in total. The Morgan fingerprint density at radius 1 is 1.02 bits per heavy atom. The van der Waals surface area contributed by atoms with Gasteiger partial charge in [0.1, 0.15) is 11.4 Å². The van der Waals surface area contributed by atoms with Crippen molar-refractivity contribution in [2.45, 2.75) is 25.7 Å². The largest absolute Gasteiger partial charge is 0.497 e. The molecule has 1 heterocycles. The number of carbonyl (C=O) groups is 2. The van der Waals surface area contributed by atoms with Gasteiger partial charge in [-0.2, -0.15) is 0 Å². The number of nitrogens with zero attached hydrogens (tertiary/aromatic N) is 3. The number of methoxy groups -OCH3 is 1. The van der Waals surface area contributed by atoms with Crippen molar-refractivity contribution in [3.05, 3.63) is 88.6 Å². The maximum atomic E-state index is 13.6. The summed E-state index contributed by atoms with van der Waals surface area (Å²) in [5.74, 6) is -0.00720. The molecule has 214 valence electrons. The molecular formula is C30H32N4O5S2. The molecule has 1 aliphatic rings. The zero-order valence-electron chi connectivity index (χ0n) is 23.8. The van der Waals surface area contributed by atoms with Crippen molar-refractivity contribution in [1.82, 2.24) is 4.31 Å². The highest BCUT2D eigenvalue weighted by atomic mass is 32.2. The summed E-state index contributed by atoms with van der Waals surface area (Å²) in [4.78, 5) is 32.8. The van der Waals surface area contributed by atoms with Crippen LogP contribution in [0, 0.1) is 20.8 Å². The number of sulfonamides is 1. The fraction of sp³-hybridized carbons (Fsp3) is 0.233. The van der Waals surface area contributed by atoms with Gasteiger partial charge in [-0.25, -0.2) is 17.7 Å². The molecule has 0 fully saturated rings. The van der Waals surface area contributed by atoms with Crippen LogP contribution in [0.2, 0.25) is 0 Å². The van der Waals surface area contributed by atoms with Crippen LogP contribution in [-0.2, 0) is 19.6 Å². The monoisotopic (exact) mass is 592 g/mol. The van der Waals surface area contributed by atoms with Gasteiger partial charge in [-0.05, 0) is 85.5 Å². The van der Waals surface area contributed by atoms with Gasteiger partial charge in [0.15, 0.2) is 5.17 Å². The lowest BCUT2D eigenvalue weighted by atomic mass is 10.1. The first kappa shape index (κ1) is 30.0. The first-order chi connectivity index (χ1) is 19.4. The molecule has 0 unspecified atom stereocenters. The van der Waals surface area contributed by atoms with Gasteiger partial charge < -0.3 is 10.1 Å². The highest BCUT2D eigenvalue weighted by Crippen LogP contribution is 2.31. The molecular weight excluding hydrogens is 560 g/mol. The number of anilines is 2. The van der Waals surface area contributed by atoms with Gasteiger partial charge in [0.2, 0.25) is 15.9 Å². The summed E-state index contributed by atoms with van der Waals surface area (Å²) >= 11 is 1.13. The van der Waals surface area contributed by atoms with Gasteiger partial charge in [-0.1, -0.05) is 36.0 Å². The van der Waals surface area contributed by atoms with Crippen LogP contribution < -0.4 is 15.0 Å². The molecule has 0 bridgehead atoms. The van der Waals surface area contributed by atoms with E-state index in [1.165, 1.54) is 31.1 Å². The lowest BCUT2D eigenvalue weighted by Gasteiger charge is -2.19. The molecule has 0 saturated carbocycles. The molecule has 1 aliphatic heterocycles. The minimum Gasteiger partial charge on any atom is -0.497 e. The average Bonchev–Trinajstić information content (AvgIpc) is 3.23. The van der Waals surface area contributed by atoms with Crippen LogP contribution >= 0.6 is 11.8 Å². The van der Waals surface area contributed by atoms with E-state index < -0.39 is 10.0 Å². The molecule has 9 nitrogen and oxygen atoms in total. The summed E-state index contributed by atoms with van der Waals surface area (Å²) in [6, 6.07) is 17.7. The number of amidine groups is 1. The van der Waals surface area contributed by atoms with Crippen molar-refractivity contribution in [3.63, 3.8) is 0 Å². The molecule has 11 heteroatoms. The second-order valence-corrected chi connectivity index (χ2v) is 12.9. The van der Waals surface area contributed by atoms with Crippen molar-refractivity contribution >= 4 is 56.2 Å². The Balaban J connectivity index is 1.59. The van der Waals surface area contributed by atoms with Crippen LogP contribution in [0.15, 0.2) is 76.2 Å². The molecule has 0 spiro atoms. The number of rotatable bonds is 8. The van der Waals surface area contributed by atoms with E-state index in [0.29, 0.717) is 22.3 Å². The van der Waals surface area contributed by atoms with Crippen molar-refractivity contribution in [2.75, 3.05) is 37.2 Å². The van der Waals surface area contributed by atoms with Crippen LogP contribution in [0.1, 0.15) is 22.3 Å². The number of benzene rings is 3. The SMILES string of the molecule is COc1ccc(/C=C2\N=C(SCC(=O)Nc3cc(S(=O)(=O)N(C)C)ccc3C)N(c3cc(C)cc(C)c3)C2=O)cc1. The summed E-state index contributed by atoms with van der Waals surface area (Å²) in [5.41, 5.74) is 4.79. The lowest BCUT2D eigenvalue weighted by Crippen LogP contribution is -2.31. The maximum absolute atomic E-state index is 13.6. The fourth-order valence-corrected chi connectivity index (χ4v) is 5.92. The normalized spacial score (nSPS) is 14.5. The van der Waals surface area contributed by atoms with Gasteiger partial charge >= 0.3 is 0 Å². The van der Waals surface area contributed by atoms with Gasteiger partial charge in [0.25, 0.3) is 5.91 Å². The Bertz CT molecular complexity index is 1640. The average molecular weight is 593 g/mol. The second kappa shape index (κ2) is 12.3. The van der Waals surface area contributed by atoms with Crippen molar-refractivity contribution in [2.24, 2.45) is 4.99 Å². The third-order valence-electron chi connectivity index (χ3n) is 6.31. The standard InChI is InChI=1S/C30H32N4O5S2/c1-19-13-20(2)15-23(14-19)34-29(36)27(16-22-8-10-24(39-6)11-9-22)32-30(34)40-18-28(35)31-26-17-25(12-7-21(26)3)41(37,38)33(4)5/h7-17H,18H2,1-6H3,(H,31,35)/b27-16-. The fourth-order valence-electron chi connectivity index (χ4n) is 4.18. The summed E-state index contributed by atoms with van der Waals surface area (Å²) in [7, 11) is 0.824. The quantitative estimate of drug-likeness (QED) is 0.370. The molecule has 0 aliphatic carbocycles. The Labute approximate surface area is 245 Å². The van der Waals surface area contributed by atoms with E-state index in [1.807, 2.05) is 44.2 Å². The molecule has 0 saturated heterocycles. The Kier molecular flexibility index (Phi) is 9.01. The third kappa shape index (κ3) is 6.87. The van der Waals surface area contributed by atoms with Gasteiger partial charge in [-0.3, -0.25) is 14.5 Å². The van der Waals surface area contributed by atoms with E-state index in [9.17, 15) is 18.0 Å². The van der Waals surface area contributed by atoms with E-state index in [-0.39, 0.29) is 28.2 Å². The van der Waals surface area contributed by atoms with E-state index in [1.54, 1.807) is 38.3 Å². The Morgan fingerprint density at radius 3 is 2.29 bits per heavy atom. The summed E-state index contributed by atoms with van der Waals surface area (Å²) < 4.78 is 31.5. The molecule has 0 atom stereocenters. The molecule has 0 aromatic heterocycles. The van der Waals surface area contributed by atoms with Gasteiger partial charge in [0, 0.05) is 19.8 Å². The number of hydrogen-bond donors (Lipinski definition) is 1. The van der Waals surface area contributed by atoms with Crippen LogP contribution in [-0.4, -0.2) is 56.7 Å². The van der Waals surface area contributed by atoms with Crippen LogP contribution in [0.3, 0.4) is 0 Å². The Hall–Kier alpha value is -3.93. The number of ether oxygens (including phenoxy) is 1. The van der Waals surface area contributed by atoms with Crippen LogP contribution in [0.4, 0.5) is 11.4 Å². The second-order valence-electron chi connectivity index (χ2n) is 9.78. The topological polar surface area (TPSA) is 108 Å². The lowest BCUT2D eigenvalue weighted by molar-refractivity contribution is -0.114. The first-order valence-corrected chi connectivity index (χ1v) is 15.1. The summed E-state index contributed by atoms with van der Waals surface area (Å²) in [5, 5.41) is 3.17. The number of thioether (sulfide) groups is 1. The number of hydrogen-bond acceptors (Lipinski definition) is 7. The minimum atomic E-state index is -3.66. The molecule has 41 heavy (non-hydrogen) atoms. The van der Waals surface area contributed by atoms with E-state index in [2.05, 4.69) is 10.3 Å². The highest BCUT2D eigenvalue weighted by Gasteiger charge is 2.32.